The molecule has 0 radical (unpaired) electrons. The van der Waals surface area contributed by atoms with Crippen LogP contribution in [0.25, 0.3) is 0 Å². The van der Waals surface area contributed by atoms with Crippen LogP contribution in [-0.2, 0) is 0 Å². The van der Waals surface area contributed by atoms with Gasteiger partial charge in [-0.2, -0.15) is 0 Å². The van der Waals surface area contributed by atoms with E-state index in [0.717, 1.165) is 30.3 Å². The summed E-state index contributed by atoms with van der Waals surface area (Å²) in [6.07, 6.45) is 3.74. The quantitative estimate of drug-likeness (QED) is 0.890. The van der Waals surface area contributed by atoms with Crippen LogP contribution in [0.3, 0.4) is 0 Å². The molecule has 1 fully saturated rings. The molecule has 1 saturated heterocycles. The maximum absolute atomic E-state index is 13.3. The predicted molar refractivity (Wildman–Crippen MR) is 74.2 cm³/mol. The van der Waals surface area contributed by atoms with Crippen molar-refractivity contribution in [2.24, 2.45) is 11.7 Å². The Morgan fingerprint density at radius 1 is 1.50 bits per heavy atom. The summed E-state index contributed by atoms with van der Waals surface area (Å²) in [5.41, 5.74) is 8.00. The SMILES string of the molecule is CCC1CCCN(c2ccc(F)cc2[C@H](C)N)C1. The molecule has 0 bridgehead atoms. The van der Waals surface area contributed by atoms with E-state index in [2.05, 4.69) is 11.8 Å². The summed E-state index contributed by atoms with van der Waals surface area (Å²) in [6, 6.07) is 4.87. The van der Waals surface area contributed by atoms with Gasteiger partial charge in [0, 0.05) is 24.8 Å². The van der Waals surface area contributed by atoms with Crippen LogP contribution in [-0.4, -0.2) is 13.1 Å². The van der Waals surface area contributed by atoms with E-state index >= 15 is 0 Å². The molecule has 1 aliphatic rings. The smallest absolute Gasteiger partial charge is 0.123 e. The third kappa shape index (κ3) is 2.83. The molecule has 3 heteroatoms. The fourth-order valence-electron chi connectivity index (χ4n) is 2.80. The molecule has 0 amide bonds. The van der Waals surface area contributed by atoms with Crippen molar-refractivity contribution in [2.45, 2.75) is 39.2 Å². The highest BCUT2D eigenvalue weighted by atomic mass is 19.1. The van der Waals surface area contributed by atoms with E-state index in [1.807, 2.05) is 13.0 Å². The fraction of sp³-hybridized carbons (Fsp3) is 0.600. The number of rotatable bonds is 3. The number of halogens is 1. The van der Waals surface area contributed by atoms with Crippen molar-refractivity contribution in [3.63, 3.8) is 0 Å². The van der Waals surface area contributed by atoms with Crippen molar-refractivity contribution in [1.82, 2.24) is 0 Å². The van der Waals surface area contributed by atoms with Gasteiger partial charge in [0.15, 0.2) is 0 Å². The fourth-order valence-corrected chi connectivity index (χ4v) is 2.80. The van der Waals surface area contributed by atoms with E-state index in [9.17, 15) is 4.39 Å². The summed E-state index contributed by atoms with van der Waals surface area (Å²) in [5, 5.41) is 0. The van der Waals surface area contributed by atoms with Crippen LogP contribution in [0.15, 0.2) is 18.2 Å². The van der Waals surface area contributed by atoms with Gasteiger partial charge in [-0.3, -0.25) is 0 Å². The number of anilines is 1. The highest BCUT2D eigenvalue weighted by Gasteiger charge is 2.21. The molecular weight excluding hydrogens is 227 g/mol. The van der Waals surface area contributed by atoms with Crippen LogP contribution in [0.2, 0.25) is 0 Å². The number of benzene rings is 1. The van der Waals surface area contributed by atoms with Crippen molar-refractivity contribution < 1.29 is 4.39 Å². The lowest BCUT2D eigenvalue weighted by molar-refractivity contribution is 0.404. The van der Waals surface area contributed by atoms with E-state index in [4.69, 9.17) is 5.73 Å². The average Bonchev–Trinajstić information content (AvgIpc) is 2.38. The Morgan fingerprint density at radius 3 is 2.94 bits per heavy atom. The van der Waals surface area contributed by atoms with Gasteiger partial charge < -0.3 is 10.6 Å². The summed E-state index contributed by atoms with van der Waals surface area (Å²) in [4.78, 5) is 2.37. The van der Waals surface area contributed by atoms with Crippen LogP contribution >= 0.6 is 0 Å². The van der Waals surface area contributed by atoms with Gasteiger partial charge in [0.05, 0.1) is 0 Å². The van der Waals surface area contributed by atoms with Gasteiger partial charge in [0.25, 0.3) is 0 Å². The first-order valence-corrected chi connectivity index (χ1v) is 6.91. The van der Waals surface area contributed by atoms with Crippen molar-refractivity contribution in [3.8, 4) is 0 Å². The second-order valence-corrected chi connectivity index (χ2v) is 5.35. The number of piperidine rings is 1. The minimum atomic E-state index is -0.199. The predicted octanol–water partition coefficient (Wildman–Crippen LogP) is 3.47. The molecule has 0 aromatic heterocycles. The Hall–Kier alpha value is -1.09. The average molecular weight is 250 g/mol. The number of nitrogens with two attached hydrogens (primary N) is 1. The molecule has 2 atom stereocenters. The molecule has 0 spiro atoms. The van der Waals surface area contributed by atoms with Gasteiger partial charge in [-0.1, -0.05) is 13.3 Å². The lowest BCUT2D eigenvalue weighted by atomic mass is 9.94. The van der Waals surface area contributed by atoms with Gasteiger partial charge in [-0.25, -0.2) is 4.39 Å². The van der Waals surface area contributed by atoms with E-state index < -0.39 is 0 Å². The Balaban J connectivity index is 2.26. The zero-order valence-corrected chi connectivity index (χ0v) is 11.3. The van der Waals surface area contributed by atoms with Gasteiger partial charge >= 0.3 is 0 Å². The van der Waals surface area contributed by atoms with Crippen molar-refractivity contribution in [2.75, 3.05) is 18.0 Å². The maximum Gasteiger partial charge on any atom is 0.123 e. The Bertz CT molecular complexity index is 403. The van der Waals surface area contributed by atoms with Crippen molar-refractivity contribution in [3.05, 3.63) is 29.6 Å². The third-order valence-corrected chi connectivity index (χ3v) is 3.92. The monoisotopic (exact) mass is 250 g/mol. The highest BCUT2D eigenvalue weighted by Crippen LogP contribution is 2.30. The third-order valence-electron chi connectivity index (χ3n) is 3.92. The molecular formula is C15H23FN2. The van der Waals surface area contributed by atoms with Crippen molar-refractivity contribution >= 4 is 5.69 Å². The van der Waals surface area contributed by atoms with Crippen molar-refractivity contribution in [1.29, 1.82) is 0 Å². The first-order valence-electron chi connectivity index (χ1n) is 6.91. The first-order chi connectivity index (χ1) is 8.61. The molecule has 1 unspecified atom stereocenters. The molecule has 1 aromatic rings. The van der Waals surface area contributed by atoms with Crippen LogP contribution in [0.5, 0.6) is 0 Å². The standard InChI is InChI=1S/C15H23FN2/c1-3-12-5-4-8-18(10-12)15-7-6-13(16)9-14(15)11(2)17/h6-7,9,11-12H,3-5,8,10,17H2,1-2H3/t11-,12?/m0/s1. The molecule has 2 nitrogen and oxygen atoms in total. The summed E-state index contributed by atoms with van der Waals surface area (Å²) in [6.45, 7) is 6.29. The summed E-state index contributed by atoms with van der Waals surface area (Å²) in [5.74, 6) is 0.555. The topological polar surface area (TPSA) is 29.3 Å². The number of nitrogens with zero attached hydrogens (tertiary/aromatic N) is 1. The maximum atomic E-state index is 13.3. The van der Waals surface area contributed by atoms with Gasteiger partial charge in [-0.15, -0.1) is 0 Å². The van der Waals surface area contributed by atoms with E-state index in [-0.39, 0.29) is 11.9 Å². The van der Waals surface area contributed by atoms with E-state index in [1.165, 1.54) is 25.3 Å². The molecule has 0 saturated carbocycles. The van der Waals surface area contributed by atoms with E-state index in [1.54, 1.807) is 6.07 Å². The molecule has 100 valence electrons. The molecule has 1 heterocycles. The Morgan fingerprint density at radius 2 is 2.28 bits per heavy atom. The summed E-state index contributed by atoms with van der Waals surface area (Å²) >= 11 is 0. The minimum Gasteiger partial charge on any atom is -0.371 e. The Labute approximate surface area is 109 Å². The molecule has 2 rings (SSSR count). The lowest BCUT2D eigenvalue weighted by Gasteiger charge is -2.35. The molecule has 1 aliphatic heterocycles. The van der Waals surface area contributed by atoms with Gasteiger partial charge in [0.2, 0.25) is 0 Å². The highest BCUT2D eigenvalue weighted by molar-refractivity contribution is 5.55. The van der Waals surface area contributed by atoms with Crippen LogP contribution in [0, 0.1) is 11.7 Å². The second-order valence-electron chi connectivity index (χ2n) is 5.35. The Kier molecular flexibility index (Phi) is 4.23. The zero-order valence-electron chi connectivity index (χ0n) is 11.3. The number of hydrogen-bond donors (Lipinski definition) is 1. The van der Waals surface area contributed by atoms with Gasteiger partial charge in [-0.05, 0) is 49.4 Å². The van der Waals surface area contributed by atoms with E-state index in [0.29, 0.717) is 0 Å². The normalized spacial score (nSPS) is 22.0. The summed E-state index contributed by atoms with van der Waals surface area (Å²) in [7, 11) is 0. The molecule has 0 aliphatic carbocycles. The largest absolute Gasteiger partial charge is 0.371 e. The van der Waals surface area contributed by atoms with Crippen LogP contribution in [0.4, 0.5) is 10.1 Å². The number of hydrogen-bond acceptors (Lipinski definition) is 2. The minimum absolute atomic E-state index is 0.127. The second kappa shape index (κ2) is 5.70. The van der Waals surface area contributed by atoms with Crippen LogP contribution < -0.4 is 10.6 Å². The van der Waals surface area contributed by atoms with Gasteiger partial charge in [0.1, 0.15) is 5.82 Å². The molecule has 18 heavy (non-hydrogen) atoms. The first kappa shape index (κ1) is 13.3. The van der Waals surface area contributed by atoms with Crippen LogP contribution in [0.1, 0.15) is 44.7 Å². The summed E-state index contributed by atoms with van der Waals surface area (Å²) < 4.78 is 13.3. The molecule has 1 aromatic carbocycles. The zero-order chi connectivity index (χ0) is 13.1. The molecule has 2 N–H and O–H groups in total. The lowest BCUT2D eigenvalue weighted by Crippen LogP contribution is -2.36.